The zero-order chi connectivity index (χ0) is 12.8. The maximum Gasteiger partial charge on any atom is 0.0302 e. The second-order valence-electron chi connectivity index (χ2n) is 5.48. The summed E-state index contributed by atoms with van der Waals surface area (Å²) in [5.41, 5.74) is 7.24. The molecule has 18 heavy (non-hydrogen) atoms. The van der Waals surface area contributed by atoms with Gasteiger partial charge in [-0.3, -0.25) is 0 Å². The highest BCUT2D eigenvalue weighted by atomic mass is 32.1. The molecule has 3 N–H and O–H groups in total. The van der Waals surface area contributed by atoms with Crippen molar-refractivity contribution in [2.45, 2.75) is 45.6 Å². The van der Waals surface area contributed by atoms with E-state index in [1.54, 1.807) is 0 Å². The number of aryl methyl sites for hydroxylation is 1. The molecule has 3 heteroatoms. The molecule has 0 bridgehead atoms. The molecule has 0 atom stereocenters. The fraction of sp³-hybridized carbons (Fsp3) is 0.733. The normalized spacial score (nSPS) is 24.3. The van der Waals surface area contributed by atoms with Crippen molar-refractivity contribution < 1.29 is 0 Å². The van der Waals surface area contributed by atoms with E-state index in [9.17, 15) is 0 Å². The van der Waals surface area contributed by atoms with Crippen molar-refractivity contribution in [3.63, 3.8) is 0 Å². The van der Waals surface area contributed by atoms with Gasteiger partial charge in [0.25, 0.3) is 0 Å². The Hall–Kier alpha value is -0.380. The summed E-state index contributed by atoms with van der Waals surface area (Å²) in [6.07, 6.45) is 6.55. The first-order valence-corrected chi connectivity index (χ1v) is 8.17. The van der Waals surface area contributed by atoms with E-state index in [2.05, 4.69) is 23.7 Å². The van der Waals surface area contributed by atoms with E-state index in [4.69, 9.17) is 5.73 Å². The average molecular weight is 266 g/mol. The number of hydrogen-bond acceptors (Lipinski definition) is 3. The third-order valence-electron chi connectivity index (χ3n) is 4.24. The molecule has 0 radical (unpaired) electrons. The highest BCUT2D eigenvalue weighted by Gasteiger charge is 2.19. The molecule has 1 aromatic rings. The van der Waals surface area contributed by atoms with Gasteiger partial charge in [-0.25, -0.2) is 0 Å². The first-order valence-electron chi connectivity index (χ1n) is 7.29. The summed E-state index contributed by atoms with van der Waals surface area (Å²) < 4.78 is 0. The van der Waals surface area contributed by atoms with Gasteiger partial charge in [-0.2, -0.15) is 0 Å². The van der Waals surface area contributed by atoms with Crippen LogP contribution in [0, 0.1) is 11.8 Å². The second-order valence-corrected chi connectivity index (χ2v) is 6.48. The Bertz CT molecular complexity index is 340. The maximum absolute atomic E-state index is 5.73. The molecule has 0 unspecified atom stereocenters. The van der Waals surface area contributed by atoms with Crippen LogP contribution in [0.25, 0.3) is 0 Å². The zero-order valence-corrected chi connectivity index (χ0v) is 12.3. The Labute approximate surface area is 115 Å². The van der Waals surface area contributed by atoms with Crippen molar-refractivity contribution in [3.8, 4) is 0 Å². The lowest BCUT2D eigenvalue weighted by molar-refractivity contribution is 0.272. The van der Waals surface area contributed by atoms with E-state index < -0.39 is 0 Å². The first kappa shape index (κ1) is 14.0. The highest BCUT2D eigenvalue weighted by molar-refractivity contribution is 7.10. The summed E-state index contributed by atoms with van der Waals surface area (Å²) in [7, 11) is 0. The van der Waals surface area contributed by atoms with Crippen LogP contribution in [-0.4, -0.2) is 13.1 Å². The van der Waals surface area contributed by atoms with Gasteiger partial charge in [-0.05, 0) is 74.0 Å². The quantitative estimate of drug-likeness (QED) is 0.830. The molecular weight excluding hydrogens is 240 g/mol. The third kappa shape index (κ3) is 3.81. The van der Waals surface area contributed by atoms with Crippen LogP contribution in [0.1, 0.15) is 43.0 Å². The first-order chi connectivity index (χ1) is 8.83. The molecule has 102 valence electrons. The molecule has 0 amide bonds. The van der Waals surface area contributed by atoms with E-state index in [0.717, 1.165) is 31.3 Å². The van der Waals surface area contributed by atoms with Crippen LogP contribution in [0.5, 0.6) is 0 Å². The fourth-order valence-corrected chi connectivity index (χ4v) is 3.84. The monoisotopic (exact) mass is 266 g/mol. The summed E-state index contributed by atoms with van der Waals surface area (Å²) in [4.78, 5) is 1.52. The predicted molar refractivity (Wildman–Crippen MR) is 79.9 cm³/mol. The van der Waals surface area contributed by atoms with Gasteiger partial charge in [-0.1, -0.05) is 6.92 Å². The lowest BCUT2D eigenvalue weighted by Crippen LogP contribution is -2.28. The predicted octanol–water partition coefficient (Wildman–Crippen LogP) is 3.17. The molecule has 2 rings (SSSR count). The Morgan fingerprint density at radius 3 is 2.67 bits per heavy atom. The minimum Gasteiger partial charge on any atom is -0.330 e. The number of nitrogens with two attached hydrogens (primary N) is 1. The van der Waals surface area contributed by atoms with Gasteiger partial charge in [0.1, 0.15) is 0 Å². The molecule has 1 fully saturated rings. The average Bonchev–Trinajstić information content (AvgIpc) is 2.87. The number of thiophene rings is 1. The SMILES string of the molecule is CCc1ccsc1CNCC1CCC(CN)CC1. The van der Waals surface area contributed by atoms with Gasteiger partial charge < -0.3 is 11.1 Å². The molecule has 1 saturated carbocycles. The summed E-state index contributed by atoms with van der Waals surface area (Å²) in [6.45, 7) is 5.35. The smallest absolute Gasteiger partial charge is 0.0302 e. The second kappa shape index (κ2) is 7.27. The van der Waals surface area contributed by atoms with Crippen LogP contribution in [0.15, 0.2) is 11.4 Å². The van der Waals surface area contributed by atoms with Gasteiger partial charge in [0.15, 0.2) is 0 Å². The topological polar surface area (TPSA) is 38.0 Å². The van der Waals surface area contributed by atoms with E-state index in [1.807, 2.05) is 11.3 Å². The minimum atomic E-state index is 0.797. The zero-order valence-electron chi connectivity index (χ0n) is 11.5. The Morgan fingerprint density at radius 2 is 2.00 bits per heavy atom. The van der Waals surface area contributed by atoms with Crippen molar-refractivity contribution in [2.75, 3.05) is 13.1 Å². The number of hydrogen-bond donors (Lipinski definition) is 2. The number of nitrogens with one attached hydrogen (secondary N) is 1. The summed E-state index contributed by atoms with van der Waals surface area (Å²) in [6, 6.07) is 2.26. The molecular formula is C15H26N2S. The summed E-state index contributed by atoms with van der Waals surface area (Å²) in [5.74, 6) is 1.67. The minimum absolute atomic E-state index is 0.797. The van der Waals surface area contributed by atoms with Crippen LogP contribution in [0.3, 0.4) is 0 Å². The molecule has 0 aliphatic heterocycles. The van der Waals surface area contributed by atoms with Crippen LogP contribution < -0.4 is 11.1 Å². The van der Waals surface area contributed by atoms with Gasteiger partial charge >= 0.3 is 0 Å². The van der Waals surface area contributed by atoms with E-state index in [-0.39, 0.29) is 0 Å². The van der Waals surface area contributed by atoms with Crippen molar-refractivity contribution in [3.05, 3.63) is 21.9 Å². The Balaban J connectivity index is 1.67. The molecule has 0 saturated heterocycles. The molecule has 0 aromatic carbocycles. The van der Waals surface area contributed by atoms with Crippen molar-refractivity contribution in [2.24, 2.45) is 17.6 Å². The standard InChI is InChI=1S/C15H26N2S/c1-2-14-7-8-18-15(14)11-17-10-13-5-3-12(9-16)4-6-13/h7-8,12-13,17H,2-6,9-11,16H2,1H3. The number of rotatable bonds is 6. The largest absolute Gasteiger partial charge is 0.330 e. The molecule has 1 aliphatic rings. The maximum atomic E-state index is 5.73. The van der Waals surface area contributed by atoms with Gasteiger partial charge in [0.2, 0.25) is 0 Å². The summed E-state index contributed by atoms with van der Waals surface area (Å²) in [5, 5.41) is 5.85. The lowest BCUT2D eigenvalue weighted by Gasteiger charge is -2.27. The fourth-order valence-electron chi connectivity index (χ4n) is 2.90. The van der Waals surface area contributed by atoms with E-state index in [1.165, 1.54) is 42.7 Å². The van der Waals surface area contributed by atoms with Crippen LogP contribution in [0.2, 0.25) is 0 Å². The van der Waals surface area contributed by atoms with Crippen LogP contribution in [-0.2, 0) is 13.0 Å². The van der Waals surface area contributed by atoms with E-state index in [0.29, 0.717) is 0 Å². The molecule has 1 heterocycles. The highest BCUT2D eigenvalue weighted by Crippen LogP contribution is 2.27. The van der Waals surface area contributed by atoms with Crippen LogP contribution in [0.4, 0.5) is 0 Å². The van der Waals surface area contributed by atoms with Gasteiger partial charge in [-0.15, -0.1) is 11.3 Å². The van der Waals surface area contributed by atoms with E-state index >= 15 is 0 Å². The summed E-state index contributed by atoms with van der Waals surface area (Å²) >= 11 is 1.89. The van der Waals surface area contributed by atoms with Crippen LogP contribution >= 0.6 is 11.3 Å². The van der Waals surface area contributed by atoms with Gasteiger partial charge in [0, 0.05) is 11.4 Å². The molecule has 1 aromatic heterocycles. The molecule has 2 nitrogen and oxygen atoms in total. The van der Waals surface area contributed by atoms with Crippen molar-refractivity contribution >= 4 is 11.3 Å². The Kier molecular flexibility index (Phi) is 5.67. The molecule has 0 spiro atoms. The van der Waals surface area contributed by atoms with Gasteiger partial charge in [0.05, 0.1) is 0 Å². The Morgan fingerprint density at radius 1 is 1.28 bits per heavy atom. The lowest BCUT2D eigenvalue weighted by atomic mass is 9.82. The third-order valence-corrected chi connectivity index (χ3v) is 5.20. The van der Waals surface area contributed by atoms with Crippen molar-refractivity contribution in [1.82, 2.24) is 5.32 Å². The van der Waals surface area contributed by atoms with Crippen molar-refractivity contribution in [1.29, 1.82) is 0 Å². The molecule has 1 aliphatic carbocycles.